The average Bonchev–Trinajstić information content (AvgIpc) is 2.69. The number of carboxylic acids is 1. The van der Waals surface area contributed by atoms with Crippen molar-refractivity contribution in [2.24, 2.45) is 35.5 Å². The number of nitrogens with one attached hydrogen (secondary N) is 6. The maximum atomic E-state index is 14.8. The number of aliphatic hydroxyl groups excluding tert-OH is 3. The van der Waals surface area contributed by atoms with Crippen molar-refractivity contribution in [3.05, 3.63) is 12.2 Å². The van der Waals surface area contributed by atoms with Crippen molar-refractivity contribution < 1.29 is 73.2 Å². The molecule has 1 unspecified atom stereocenters. The molecule has 0 aliphatic heterocycles. The van der Waals surface area contributed by atoms with Crippen LogP contribution < -0.4 is 31.9 Å². The number of hydrogen-bond acceptors (Lipinski definition) is 15. The Bertz CT molecular complexity index is 2340. The number of aliphatic carboxylic acids is 1. The monoisotopic (exact) mass is 1250 g/mol. The van der Waals surface area contributed by atoms with Gasteiger partial charge in [-0.1, -0.05) is 95.2 Å². The van der Waals surface area contributed by atoms with E-state index >= 15 is 0 Å². The highest BCUT2D eigenvalue weighted by atomic mass is 16.4. The van der Waals surface area contributed by atoms with E-state index in [1.54, 1.807) is 53.8 Å². The largest absolute Gasteiger partial charge is 0.480 e. The molecule has 0 aromatic rings. The number of nitrogens with zero attached hydrogens (tertiary/aromatic N) is 5. The molecule has 0 saturated carbocycles. The molecule has 26 heteroatoms. The lowest BCUT2D eigenvalue weighted by molar-refractivity contribution is -0.155. The summed E-state index contributed by atoms with van der Waals surface area (Å²) >= 11 is 0. The van der Waals surface area contributed by atoms with E-state index in [2.05, 4.69) is 31.9 Å². The quantitative estimate of drug-likeness (QED) is 0.0389. The summed E-state index contributed by atoms with van der Waals surface area (Å²) in [5.41, 5.74) is 0. The molecule has 0 saturated heterocycles. The molecule has 15 atom stereocenters. The number of amides is 10. The molecule has 10 N–H and O–H groups in total. The van der Waals surface area contributed by atoms with Crippen LogP contribution in [0.1, 0.15) is 156 Å². The summed E-state index contributed by atoms with van der Waals surface area (Å²) in [6.45, 7) is 28.5. The summed E-state index contributed by atoms with van der Waals surface area (Å²) in [6.07, 6.45) is 0.222. The topological polar surface area (TPSA) is 357 Å². The summed E-state index contributed by atoms with van der Waals surface area (Å²) in [5.74, 6) is -10.8. The van der Waals surface area contributed by atoms with Gasteiger partial charge in [-0.25, -0.2) is 4.79 Å². The number of likely N-dealkylation sites (N-methyl/N-ethyl adjacent to an activating group) is 6. The van der Waals surface area contributed by atoms with Gasteiger partial charge in [0.1, 0.15) is 54.4 Å². The first-order valence-electron chi connectivity index (χ1n) is 31.0. The molecule has 10 amide bonds. The van der Waals surface area contributed by atoms with E-state index in [0.29, 0.717) is 6.42 Å². The van der Waals surface area contributed by atoms with Crippen molar-refractivity contribution in [1.29, 1.82) is 0 Å². The molecule has 0 radical (unpaired) electrons. The Morgan fingerprint density at radius 3 is 1.22 bits per heavy atom. The normalized spacial score (nSPS) is 16.9. The first-order chi connectivity index (χ1) is 40.6. The Balaban J connectivity index is 6.85. The van der Waals surface area contributed by atoms with E-state index in [1.165, 1.54) is 60.9 Å². The van der Waals surface area contributed by atoms with Crippen LogP contribution in [-0.4, -0.2) is 237 Å². The fourth-order valence-electron chi connectivity index (χ4n) is 10.5. The van der Waals surface area contributed by atoms with E-state index in [0.717, 1.165) is 26.5 Å². The second-order valence-corrected chi connectivity index (χ2v) is 25.8. The van der Waals surface area contributed by atoms with Gasteiger partial charge in [-0.3, -0.25) is 47.9 Å². The van der Waals surface area contributed by atoms with Gasteiger partial charge in [0, 0.05) is 35.2 Å². The number of aliphatic hydroxyl groups is 3. The van der Waals surface area contributed by atoms with E-state index in [4.69, 9.17) is 0 Å². The number of carbonyl (C=O) groups excluding carboxylic acids is 10. The SMILES string of the molecule is C/C=C/C[C@@H](C)[C@@H](O)[C@@H](C(=O)N[C@H](C(=O)O)[C@@H](C)O)N(C)C(=O)[C@H](C(C)C)N(C)C(=O)[C@H](CC(C)C)NC(=O)[C@H](CC(C)C)N(C)C(=O)[C@@H](C)NC(=O)[C@H](C)NC(=O)[C@H](CC(C)C)N(C)C(=O)[C@H](CC(C)C)NC(=O)[C@H](C(C)O)N(C)C(=O)[C@@H](CC)NC. The Hall–Kier alpha value is -6.25. The van der Waals surface area contributed by atoms with Crippen molar-refractivity contribution in [2.45, 2.75) is 241 Å². The van der Waals surface area contributed by atoms with E-state index < -0.39 is 162 Å². The van der Waals surface area contributed by atoms with Crippen molar-refractivity contribution >= 4 is 65.0 Å². The van der Waals surface area contributed by atoms with Gasteiger partial charge in [0.25, 0.3) is 0 Å². The van der Waals surface area contributed by atoms with Crippen LogP contribution in [0.4, 0.5) is 0 Å². The molecular weight excluding hydrogens is 1140 g/mol. The van der Waals surface area contributed by atoms with Gasteiger partial charge < -0.3 is 76.8 Å². The van der Waals surface area contributed by atoms with Crippen LogP contribution >= 0.6 is 0 Å². The molecule has 0 rings (SSSR count). The lowest BCUT2D eigenvalue weighted by atomic mass is 9.91. The molecular formula is C62H113N11O15. The van der Waals surface area contributed by atoms with Crippen molar-refractivity contribution in [1.82, 2.24) is 56.4 Å². The van der Waals surface area contributed by atoms with E-state index in [-0.39, 0.29) is 55.8 Å². The van der Waals surface area contributed by atoms with Crippen molar-refractivity contribution in [3.63, 3.8) is 0 Å². The Morgan fingerprint density at radius 1 is 0.432 bits per heavy atom. The summed E-state index contributed by atoms with van der Waals surface area (Å²) in [6, 6.07) is -14.1. The van der Waals surface area contributed by atoms with Gasteiger partial charge in [0.05, 0.1) is 24.4 Å². The molecule has 506 valence electrons. The van der Waals surface area contributed by atoms with Gasteiger partial charge in [-0.05, 0) is 116 Å². The number of carboxylic acid groups (broad SMARTS) is 1. The fraction of sp³-hybridized carbons (Fsp3) is 0.790. The van der Waals surface area contributed by atoms with Gasteiger partial charge >= 0.3 is 5.97 Å². The minimum absolute atomic E-state index is 0.0768. The van der Waals surface area contributed by atoms with Crippen LogP contribution in [-0.2, 0) is 52.7 Å². The first-order valence-corrected chi connectivity index (χ1v) is 31.0. The van der Waals surface area contributed by atoms with Crippen LogP contribution in [0.3, 0.4) is 0 Å². The lowest BCUT2D eigenvalue weighted by Crippen LogP contribution is -2.63. The third-order valence-corrected chi connectivity index (χ3v) is 15.7. The minimum Gasteiger partial charge on any atom is -0.480 e. The first kappa shape index (κ1) is 81.8. The zero-order valence-corrected chi connectivity index (χ0v) is 57.0. The maximum absolute atomic E-state index is 14.8. The van der Waals surface area contributed by atoms with Gasteiger partial charge in [-0.15, -0.1) is 0 Å². The van der Waals surface area contributed by atoms with Crippen LogP contribution in [0.15, 0.2) is 12.2 Å². The van der Waals surface area contributed by atoms with E-state index in [1.807, 2.05) is 55.4 Å². The smallest absolute Gasteiger partial charge is 0.328 e. The Labute approximate surface area is 523 Å². The third kappa shape index (κ3) is 24.6. The molecule has 0 heterocycles. The molecule has 26 nitrogen and oxygen atoms in total. The van der Waals surface area contributed by atoms with Gasteiger partial charge in [-0.2, -0.15) is 0 Å². The highest BCUT2D eigenvalue weighted by molar-refractivity contribution is 5.99. The highest BCUT2D eigenvalue weighted by Gasteiger charge is 2.45. The van der Waals surface area contributed by atoms with Crippen LogP contribution in [0.2, 0.25) is 0 Å². The van der Waals surface area contributed by atoms with Crippen LogP contribution in [0.5, 0.6) is 0 Å². The Morgan fingerprint density at radius 2 is 0.818 bits per heavy atom. The molecule has 0 aliphatic rings. The maximum Gasteiger partial charge on any atom is 0.328 e. The summed E-state index contributed by atoms with van der Waals surface area (Å²) in [7, 11) is 8.40. The zero-order chi connectivity index (χ0) is 68.7. The van der Waals surface area contributed by atoms with E-state index in [9.17, 15) is 73.2 Å². The predicted molar refractivity (Wildman–Crippen MR) is 335 cm³/mol. The average molecular weight is 1250 g/mol. The molecule has 0 aliphatic carbocycles. The number of rotatable bonds is 38. The molecule has 0 aromatic carbocycles. The van der Waals surface area contributed by atoms with Crippen molar-refractivity contribution in [2.75, 3.05) is 42.3 Å². The highest BCUT2D eigenvalue weighted by Crippen LogP contribution is 2.24. The third-order valence-electron chi connectivity index (χ3n) is 15.7. The minimum atomic E-state index is -1.78. The molecule has 0 aromatic heterocycles. The standard InChI is InChI=1S/C62H113N11O15/c1-24-26-27-37(13)51(76)50(56(81)68-47(40(16)74)62(87)88)73(23)61(86)48(36(11)12)71(21)60(85)44(29-33(5)6)66-54(79)46(31-35(9)10)69(19)57(82)39(15)65-52(77)38(14)64-53(78)45(30-34(7)8)70(20)59(84)43(28-32(3)4)67-55(80)49(41(17)75)72(22)58(83)42(25-2)63-18/h24,26,32-51,63,74-76H,25,27-31H2,1-23H3,(H,64,78)(H,65,77)(H,66,79)(H,67,80)(H,68,81)(H,87,88)/b26-24+/t37-,38+,39-,40-,41?,42-,43+,44+,45+,46+,47+,48+,49+,50+,51-/m1/s1. The van der Waals surface area contributed by atoms with Crippen LogP contribution in [0, 0.1) is 35.5 Å². The zero-order valence-electron chi connectivity index (χ0n) is 57.0. The van der Waals surface area contributed by atoms with Gasteiger partial charge in [0.2, 0.25) is 59.1 Å². The second-order valence-electron chi connectivity index (χ2n) is 25.8. The lowest BCUT2D eigenvalue weighted by Gasteiger charge is -2.40. The molecule has 0 spiro atoms. The molecule has 0 fully saturated rings. The van der Waals surface area contributed by atoms with Gasteiger partial charge in [0.15, 0.2) is 6.04 Å². The number of hydrogen-bond donors (Lipinski definition) is 10. The number of allylic oxidation sites excluding steroid dienone is 2. The Kier molecular flexibility index (Phi) is 35.6. The van der Waals surface area contributed by atoms with Crippen LogP contribution in [0.25, 0.3) is 0 Å². The number of carbonyl (C=O) groups is 11. The predicted octanol–water partition coefficient (Wildman–Crippen LogP) is 1.23. The second kappa shape index (κ2) is 38.3. The summed E-state index contributed by atoms with van der Waals surface area (Å²) in [4.78, 5) is 159. The fourth-order valence-corrected chi connectivity index (χ4v) is 10.5. The molecule has 88 heavy (non-hydrogen) atoms. The molecule has 0 bridgehead atoms. The van der Waals surface area contributed by atoms with Crippen molar-refractivity contribution in [3.8, 4) is 0 Å². The summed E-state index contributed by atoms with van der Waals surface area (Å²) < 4.78 is 0. The summed E-state index contributed by atoms with van der Waals surface area (Å²) in [5, 5.41) is 58.3.